The Morgan fingerprint density at radius 2 is 1.48 bits per heavy atom. The number of hydrogen-bond acceptors (Lipinski definition) is 3. The zero-order valence-corrected chi connectivity index (χ0v) is 14.3. The Morgan fingerprint density at radius 3 is 2.12 bits per heavy atom. The van der Waals surface area contributed by atoms with Crippen LogP contribution in [0.4, 0.5) is 0 Å². The zero-order valence-electron chi connectivity index (χ0n) is 13.5. The summed E-state index contributed by atoms with van der Waals surface area (Å²) in [5.41, 5.74) is 3.38. The second kappa shape index (κ2) is 6.99. The molecule has 1 atom stereocenters. The van der Waals surface area contributed by atoms with E-state index in [1.165, 1.54) is 11.1 Å². The quantitative estimate of drug-likeness (QED) is 0.645. The van der Waals surface area contributed by atoms with Crippen molar-refractivity contribution in [2.24, 2.45) is 0 Å². The Kier molecular flexibility index (Phi) is 4.40. The normalized spacial score (nSPS) is 16.5. The molecule has 1 heterocycles. The molecule has 0 aliphatic heterocycles. The first-order valence-electron chi connectivity index (χ1n) is 8.20. The molecule has 2 aromatic carbocycles. The van der Waals surface area contributed by atoms with E-state index in [1.54, 1.807) is 0 Å². The maximum atomic E-state index is 6.14. The summed E-state index contributed by atoms with van der Waals surface area (Å²) >= 11 is 6.14. The molecule has 0 N–H and O–H groups in total. The summed E-state index contributed by atoms with van der Waals surface area (Å²) in [5, 5.41) is 0.232. The molecule has 122 valence electrons. The Morgan fingerprint density at radius 1 is 0.800 bits per heavy atom. The lowest BCUT2D eigenvalue weighted by Gasteiger charge is -2.16. The SMILES string of the molecule is Clc1nc(-c2ccccc2)nc(C2C=CC(c3ccccc3)=CC2)n1. The first kappa shape index (κ1) is 15.7. The van der Waals surface area contributed by atoms with Crippen LogP contribution in [0.1, 0.15) is 23.7 Å². The van der Waals surface area contributed by atoms with E-state index < -0.39 is 0 Å². The average molecular weight is 346 g/mol. The van der Waals surface area contributed by atoms with Gasteiger partial charge in [-0.05, 0) is 29.2 Å². The van der Waals surface area contributed by atoms with Gasteiger partial charge in [0.1, 0.15) is 5.82 Å². The molecule has 1 unspecified atom stereocenters. The van der Waals surface area contributed by atoms with Crippen LogP contribution in [0.2, 0.25) is 5.28 Å². The minimum absolute atomic E-state index is 0.107. The summed E-state index contributed by atoms with van der Waals surface area (Å²) in [6, 6.07) is 20.2. The average Bonchev–Trinajstić information content (AvgIpc) is 2.69. The van der Waals surface area contributed by atoms with Crippen LogP contribution in [-0.2, 0) is 0 Å². The van der Waals surface area contributed by atoms with Gasteiger partial charge in [0.05, 0.1) is 0 Å². The Bertz CT molecular complexity index is 934. The molecule has 1 aliphatic rings. The highest BCUT2D eigenvalue weighted by atomic mass is 35.5. The molecule has 1 aliphatic carbocycles. The molecule has 0 saturated heterocycles. The van der Waals surface area contributed by atoms with E-state index in [2.05, 4.69) is 45.3 Å². The van der Waals surface area contributed by atoms with Crippen LogP contribution >= 0.6 is 11.6 Å². The molecule has 3 nitrogen and oxygen atoms in total. The molecular formula is C21H16ClN3. The molecule has 4 rings (SSSR count). The molecule has 1 aromatic heterocycles. The van der Waals surface area contributed by atoms with Crippen molar-refractivity contribution in [3.8, 4) is 11.4 Å². The van der Waals surface area contributed by atoms with Gasteiger partial charge in [-0.25, -0.2) is 9.97 Å². The molecule has 3 aromatic rings. The topological polar surface area (TPSA) is 38.7 Å². The van der Waals surface area contributed by atoms with E-state index in [9.17, 15) is 0 Å². The second-order valence-electron chi connectivity index (χ2n) is 5.88. The standard InChI is InChI=1S/C21H16ClN3/c22-21-24-19(17-9-5-2-6-10-17)23-20(25-21)18-13-11-16(12-14-18)15-7-3-1-4-8-15/h1-13,18H,14H2. The number of allylic oxidation sites excluding steroid dienone is 4. The van der Waals surface area contributed by atoms with Crippen LogP contribution in [0.3, 0.4) is 0 Å². The van der Waals surface area contributed by atoms with Crippen LogP contribution in [0.15, 0.2) is 78.9 Å². The van der Waals surface area contributed by atoms with Crippen LogP contribution < -0.4 is 0 Å². The van der Waals surface area contributed by atoms with Gasteiger partial charge in [0.2, 0.25) is 5.28 Å². The van der Waals surface area contributed by atoms with Gasteiger partial charge in [0, 0.05) is 11.5 Å². The Balaban J connectivity index is 1.61. The third-order valence-electron chi connectivity index (χ3n) is 4.20. The van der Waals surface area contributed by atoms with Crippen molar-refractivity contribution in [2.45, 2.75) is 12.3 Å². The van der Waals surface area contributed by atoms with E-state index in [4.69, 9.17) is 11.6 Å². The maximum Gasteiger partial charge on any atom is 0.226 e. The summed E-state index contributed by atoms with van der Waals surface area (Å²) in [5.74, 6) is 1.43. The molecule has 0 bridgehead atoms. The second-order valence-corrected chi connectivity index (χ2v) is 6.22. The van der Waals surface area contributed by atoms with E-state index in [0.29, 0.717) is 11.6 Å². The van der Waals surface area contributed by atoms with Gasteiger partial charge in [-0.1, -0.05) is 78.9 Å². The van der Waals surface area contributed by atoms with Crippen LogP contribution in [0.25, 0.3) is 17.0 Å². The number of rotatable bonds is 3. The predicted octanol–water partition coefficient (Wildman–Crippen LogP) is 5.32. The Hall–Kier alpha value is -2.78. The molecule has 0 amide bonds. The highest BCUT2D eigenvalue weighted by molar-refractivity contribution is 6.28. The third kappa shape index (κ3) is 3.52. The van der Waals surface area contributed by atoms with Crippen LogP contribution in [-0.4, -0.2) is 15.0 Å². The smallest absolute Gasteiger partial charge is 0.212 e. The first-order valence-corrected chi connectivity index (χ1v) is 8.58. The van der Waals surface area contributed by atoms with Gasteiger partial charge in [0.25, 0.3) is 0 Å². The largest absolute Gasteiger partial charge is 0.226 e. The molecule has 4 heteroatoms. The number of benzene rings is 2. The lowest BCUT2D eigenvalue weighted by molar-refractivity contribution is 0.763. The molecule has 0 saturated carbocycles. The zero-order chi connectivity index (χ0) is 17.1. The molecule has 25 heavy (non-hydrogen) atoms. The number of aromatic nitrogens is 3. The number of hydrogen-bond donors (Lipinski definition) is 0. The van der Waals surface area contributed by atoms with Crippen molar-refractivity contribution in [1.82, 2.24) is 15.0 Å². The first-order chi connectivity index (χ1) is 12.3. The fraction of sp³-hybridized carbons (Fsp3) is 0.0952. The molecule has 0 fully saturated rings. The van der Waals surface area contributed by atoms with Crippen LogP contribution in [0.5, 0.6) is 0 Å². The van der Waals surface area contributed by atoms with Gasteiger partial charge in [0.15, 0.2) is 5.82 Å². The summed E-state index contributed by atoms with van der Waals surface area (Å²) in [6.45, 7) is 0. The van der Waals surface area contributed by atoms with E-state index in [0.717, 1.165) is 12.0 Å². The van der Waals surface area contributed by atoms with Crippen molar-refractivity contribution in [2.75, 3.05) is 0 Å². The minimum Gasteiger partial charge on any atom is -0.212 e. The number of nitrogens with zero attached hydrogens (tertiary/aromatic N) is 3. The van der Waals surface area contributed by atoms with E-state index in [-0.39, 0.29) is 11.2 Å². The lowest BCUT2D eigenvalue weighted by Crippen LogP contribution is -2.07. The highest BCUT2D eigenvalue weighted by Crippen LogP contribution is 2.30. The maximum absolute atomic E-state index is 6.14. The highest BCUT2D eigenvalue weighted by Gasteiger charge is 2.17. The lowest BCUT2D eigenvalue weighted by atomic mass is 9.92. The summed E-state index contributed by atoms with van der Waals surface area (Å²) in [6.07, 6.45) is 7.33. The van der Waals surface area contributed by atoms with Crippen molar-refractivity contribution < 1.29 is 0 Å². The summed E-state index contributed by atoms with van der Waals surface area (Å²) in [4.78, 5) is 13.2. The van der Waals surface area contributed by atoms with Gasteiger partial charge in [-0.2, -0.15) is 4.98 Å². The fourth-order valence-corrected chi connectivity index (χ4v) is 3.07. The molecule has 0 radical (unpaired) electrons. The van der Waals surface area contributed by atoms with Crippen molar-refractivity contribution in [3.05, 3.63) is 95.6 Å². The van der Waals surface area contributed by atoms with Crippen molar-refractivity contribution in [3.63, 3.8) is 0 Å². The van der Waals surface area contributed by atoms with Crippen molar-refractivity contribution in [1.29, 1.82) is 0 Å². The minimum atomic E-state index is 0.107. The molecular weight excluding hydrogens is 330 g/mol. The monoisotopic (exact) mass is 345 g/mol. The number of halogens is 1. The third-order valence-corrected chi connectivity index (χ3v) is 4.36. The predicted molar refractivity (Wildman–Crippen MR) is 101 cm³/mol. The van der Waals surface area contributed by atoms with Crippen molar-refractivity contribution >= 4 is 17.2 Å². The fourth-order valence-electron chi connectivity index (χ4n) is 2.90. The Labute approximate surface area is 151 Å². The van der Waals surface area contributed by atoms with Crippen LogP contribution in [0, 0.1) is 0 Å². The van der Waals surface area contributed by atoms with E-state index in [1.807, 2.05) is 48.5 Å². The van der Waals surface area contributed by atoms with E-state index >= 15 is 0 Å². The molecule has 0 spiro atoms. The van der Waals surface area contributed by atoms with Gasteiger partial charge >= 0.3 is 0 Å². The van der Waals surface area contributed by atoms with Gasteiger partial charge < -0.3 is 0 Å². The van der Waals surface area contributed by atoms with Gasteiger partial charge in [-0.15, -0.1) is 0 Å². The summed E-state index contributed by atoms with van der Waals surface area (Å²) < 4.78 is 0. The van der Waals surface area contributed by atoms with Gasteiger partial charge in [-0.3, -0.25) is 0 Å². The summed E-state index contributed by atoms with van der Waals surface area (Å²) in [7, 11) is 0.